The maximum atomic E-state index is 14.4. The number of rotatable bonds is 6. The molecule has 2 aliphatic rings. The first-order valence-electron chi connectivity index (χ1n) is 16.5. The van der Waals surface area contributed by atoms with Gasteiger partial charge in [-0.05, 0) is 67.0 Å². The summed E-state index contributed by atoms with van der Waals surface area (Å²) in [4.78, 5) is 64.0. The molecule has 5 atom stereocenters. The van der Waals surface area contributed by atoms with Crippen LogP contribution in [0.15, 0.2) is 73.4 Å². The van der Waals surface area contributed by atoms with Crippen LogP contribution in [-0.2, 0) is 20.8 Å². The number of nitrogens with zero attached hydrogens (tertiary/aromatic N) is 3. The van der Waals surface area contributed by atoms with E-state index in [0.29, 0.717) is 5.56 Å². The second-order valence-corrected chi connectivity index (χ2v) is 13.4. The zero-order valence-corrected chi connectivity index (χ0v) is 27.1. The number of imidazole rings is 1. The molecular weight excluding hydrogens is 594 g/mol. The molecule has 0 saturated carbocycles. The summed E-state index contributed by atoms with van der Waals surface area (Å²) < 4.78 is 1.85. The van der Waals surface area contributed by atoms with Gasteiger partial charge in [0.2, 0.25) is 17.7 Å². The molecule has 2 aromatic carbocycles. The number of nitrogens with one attached hydrogen (secondary N) is 4. The largest absolute Gasteiger partial charge is 0.361 e. The summed E-state index contributed by atoms with van der Waals surface area (Å²) in [6.07, 6.45) is 9.39. The minimum atomic E-state index is -0.879. The average molecular weight is 638 g/mol. The molecule has 0 unspecified atom stereocenters. The highest BCUT2D eigenvalue weighted by Gasteiger charge is 2.43. The zero-order chi connectivity index (χ0) is 33.1. The van der Waals surface area contributed by atoms with E-state index in [1.165, 1.54) is 0 Å². The number of hydrogen-bond acceptors (Lipinski definition) is 5. The fraction of sp³-hybridized carbons (Fsp3) is 0.417. The van der Waals surface area contributed by atoms with Gasteiger partial charge in [-0.1, -0.05) is 39.0 Å². The Morgan fingerprint density at radius 3 is 2.57 bits per heavy atom. The van der Waals surface area contributed by atoms with Gasteiger partial charge in [0.1, 0.15) is 12.1 Å². The van der Waals surface area contributed by atoms with Gasteiger partial charge in [0.15, 0.2) is 0 Å². The van der Waals surface area contributed by atoms with Crippen LogP contribution < -0.4 is 16.0 Å². The Labute approximate surface area is 274 Å². The molecule has 6 rings (SSSR count). The minimum absolute atomic E-state index is 0.0890. The molecule has 0 radical (unpaired) electrons. The highest BCUT2D eigenvalue weighted by Crippen LogP contribution is 2.26. The van der Waals surface area contributed by atoms with Crippen molar-refractivity contribution in [1.29, 1.82) is 0 Å². The number of carbonyl (C=O) groups is 4. The van der Waals surface area contributed by atoms with Crippen LogP contribution in [0.1, 0.15) is 62.4 Å². The first-order valence-corrected chi connectivity index (χ1v) is 16.5. The standard InChI is InChI=1S/C36H43N7O4/c1-22(2)29-13-8-23(3)16-33(44)40-31(17-25-19-38-30-7-5-4-6-28(25)30)36(47)43-20-26(18-32(43)35(46)41-29)39-34(45)24-9-11-27(12-10-24)42-15-14-37-21-42/h4-7,9-12,14-15,19,21-23,26,29,31-32,38H,8,13,16-18,20H2,1-3H3,(H,39,45)(H,40,44)(H,41,46)/t23-,26-,29+,31-,32+/m1/s1. The predicted octanol–water partition coefficient (Wildman–Crippen LogP) is 3.74. The van der Waals surface area contributed by atoms with E-state index >= 15 is 0 Å². The van der Waals surface area contributed by atoms with Crippen molar-refractivity contribution in [3.63, 3.8) is 0 Å². The number of hydrogen-bond donors (Lipinski definition) is 4. The Hall–Kier alpha value is -4.93. The van der Waals surface area contributed by atoms with Crippen molar-refractivity contribution in [3.05, 3.63) is 84.6 Å². The summed E-state index contributed by atoms with van der Waals surface area (Å²) in [5.74, 6) is -0.777. The molecule has 4 N–H and O–H groups in total. The zero-order valence-electron chi connectivity index (χ0n) is 27.1. The average Bonchev–Trinajstić information content (AvgIpc) is 3.83. The van der Waals surface area contributed by atoms with E-state index in [1.807, 2.05) is 60.3 Å². The number of fused-ring (bicyclic) bond motifs is 2. The van der Waals surface area contributed by atoms with Crippen molar-refractivity contribution in [2.24, 2.45) is 11.8 Å². The van der Waals surface area contributed by atoms with Crippen molar-refractivity contribution in [2.45, 2.75) is 77.0 Å². The molecule has 4 heterocycles. The lowest BCUT2D eigenvalue weighted by Crippen LogP contribution is -2.55. The van der Waals surface area contributed by atoms with Gasteiger partial charge in [0, 0.05) is 72.2 Å². The van der Waals surface area contributed by atoms with Crippen LogP contribution in [0.5, 0.6) is 0 Å². The summed E-state index contributed by atoms with van der Waals surface area (Å²) in [5.41, 5.74) is 3.19. The summed E-state index contributed by atoms with van der Waals surface area (Å²) >= 11 is 0. The molecule has 246 valence electrons. The Kier molecular flexibility index (Phi) is 9.42. The summed E-state index contributed by atoms with van der Waals surface area (Å²) in [6.45, 7) is 6.32. The Morgan fingerprint density at radius 2 is 1.83 bits per heavy atom. The first-order chi connectivity index (χ1) is 22.7. The maximum absolute atomic E-state index is 14.4. The van der Waals surface area contributed by atoms with Gasteiger partial charge in [-0.2, -0.15) is 0 Å². The molecule has 0 spiro atoms. The van der Waals surface area contributed by atoms with E-state index < -0.39 is 18.1 Å². The molecule has 4 amide bonds. The third-order valence-electron chi connectivity index (χ3n) is 9.52. The summed E-state index contributed by atoms with van der Waals surface area (Å²) in [7, 11) is 0. The number of H-pyrrole nitrogens is 1. The van der Waals surface area contributed by atoms with Gasteiger partial charge in [-0.15, -0.1) is 0 Å². The Bertz CT molecular complexity index is 1730. The lowest BCUT2D eigenvalue weighted by Gasteiger charge is -2.30. The van der Waals surface area contributed by atoms with Gasteiger partial charge >= 0.3 is 0 Å². The lowest BCUT2D eigenvalue weighted by atomic mass is 9.92. The van der Waals surface area contributed by atoms with E-state index in [9.17, 15) is 19.2 Å². The van der Waals surface area contributed by atoms with Crippen LogP contribution in [0.4, 0.5) is 0 Å². The summed E-state index contributed by atoms with van der Waals surface area (Å²) in [5, 5.41) is 10.3. The molecule has 0 bridgehead atoms. The van der Waals surface area contributed by atoms with Crippen molar-refractivity contribution >= 4 is 34.5 Å². The van der Waals surface area contributed by atoms with E-state index in [1.54, 1.807) is 29.6 Å². The van der Waals surface area contributed by atoms with Crippen LogP contribution in [0.3, 0.4) is 0 Å². The van der Waals surface area contributed by atoms with Crippen molar-refractivity contribution < 1.29 is 19.2 Å². The molecule has 2 saturated heterocycles. The van der Waals surface area contributed by atoms with Crippen LogP contribution in [0.2, 0.25) is 0 Å². The van der Waals surface area contributed by atoms with Gasteiger partial charge in [0.05, 0.1) is 6.33 Å². The highest BCUT2D eigenvalue weighted by molar-refractivity contribution is 5.96. The van der Waals surface area contributed by atoms with Crippen LogP contribution in [-0.4, -0.2) is 73.8 Å². The molecule has 2 fully saturated rings. The predicted molar refractivity (Wildman–Crippen MR) is 179 cm³/mol. The second-order valence-electron chi connectivity index (χ2n) is 13.4. The topological polar surface area (TPSA) is 141 Å². The smallest absolute Gasteiger partial charge is 0.251 e. The van der Waals surface area contributed by atoms with Gasteiger partial charge in [0.25, 0.3) is 5.91 Å². The van der Waals surface area contributed by atoms with E-state index in [4.69, 9.17) is 0 Å². The molecule has 0 aliphatic carbocycles. The summed E-state index contributed by atoms with van der Waals surface area (Å²) in [6, 6.07) is 12.8. The van der Waals surface area contributed by atoms with Crippen molar-refractivity contribution in [3.8, 4) is 5.69 Å². The number of para-hydroxylation sites is 1. The van der Waals surface area contributed by atoms with Gasteiger partial charge in [-0.25, -0.2) is 4.98 Å². The number of aromatic nitrogens is 3. The van der Waals surface area contributed by atoms with Crippen LogP contribution >= 0.6 is 0 Å². The Morgan fingerprint density at radius 1 is 1.04 bits per heavy atom. The first kappa shape index (κ1) is 32.0. The van der Waals surface area contributed by atoms with E-state index in [0.717, 1.165) is 35.0 Å². The second kappa shape index (κ2) is 13.8. The van der Waals surface area contributed by atoms with Crippen molar-refractivity contribution in [2.75, 3.05) is 6.54 Å². The third kappa shape index (κ3) is 7.24. The minimum Gasteiger partial charge on any atom is -0.361 e. The molecule has 2 aromatic heterocycles. The van der Waals surface area contributed by atoms with Crippen molar-refractivity contribution in [1.82, 2.24) is 35.4 Å². The monoisotopic (exact) mass is 637 g/mol. The number of amides is 4. The molecular formula is C36H43N7O4. The highest BCUT2D eigenvalue weighted by atomic mass is 16.2. The quantitative estimate of drug-likeness (QED) is 0.255. The van der Waals surface area contributed by atoms with Crippen LogP contribution in [0.25, 0.3) is 16.6 Å². The lowest BCUT2D eigenvalue weighted by molar-refractivity contribution is -0.141. The molecule has 11 nitrogen and oxygen atoms in total. The Balaban J connectivity index is 1.26. The molecule has 47 heavy (non-hydrogen) atoms. The van der Waals surface area contributed by atoms with E-state index in [2.05, 4.69) is 39.8 Å². The van der Waals surface area contributed by atoms with E-state index in [-0.39, 0.29) is 67.3 Å². The van der Waals surface area contributed by atoms with Gasteiger partial charge in [-0.3, -0.25) is 19.2 Å². The normalized spacial score (nSPS) is 24.2. The fourth-order valence-electron chi connectivity index (χ4n) is 6.81. The van der Waals surface area contributed by atoms with Gasteiger partial charge < -0.3 is 30.4 Å². The molecule has 4 aromatic rings. The molecule has 11 heteroatoms. The fourth-order valence-corrected chi connectivity index (χ4v) is 6.81. The SMILES string of the molecule is CC(C)[C@@H]1CC[C@@H](C)CC(=O)N[C@H](Cc2c[nH]c3ccccc23)C(=O)N2C[C@H](NC(=O)c3ccc(-n4ccnc4)cc3)C[C@H]2C(=O)N1. The number of aromatic amines is 1. The number of carbonyl (C=O) groups excluding carboxylic acids is 4. The molecule has 2 aliphatic heterocycles. The van der Waals surface area contributed by atoms with Crippen LogP contribution in [0, 0.1) is 11.8 Å². The number of benzene rings is 2. The maximum Gasteiger partial charge on any atom is 0.251 e. The third-order valence-corrected chi connectivity index (χ3v) is 9.52.